The Labute approximate surface area is 79.2 Å². The number of aliphatic hydroxyl groups is 1. The van der Waals surface area contributed by atoms with E-state index in [4.69, 9.17) is 5.11 Å². The molecule has 0 aliphatic rings. The van der Waals surface area contributed by atoms with Gasteiger partial charge in [-0.05, 0) is 26.4 Å². The predicted molar refractivity (Wildman–Crippen MR) is 50.7 cm³/mol. The number of nitrogens with zero attached hydrogens (tertiary/aromatic N) is 1. The Kier molecular flexibility index (Phi) is 4.95. The summed E-state index contributed by atoms with van der Waals surface area (Å²) >= 11 is 0. The SMILES string of the molecule is CCCN(CC)CC(C)(O)C(=O)O. The van der Waals surface area contributed by atoms with Crippen LogP contribution in [0.25, 0.3) is 0 Å². The van der Waals surface area contributed by atoms with E-state index in [9.17, 15) is 9.90 Å². The summed E-state index contributed by atoms with van der Waals surface area (Å²) in [6.07, 6.45) is 0.962. The summed E-state index contributed by atoms with van der Waals surface area (Å²) in [5.41, 5.74) is -1.63. The first-order chi connectivity index (χ1) is 5.94. The Bertz CT molecular complexity index is 168. The van der Waals surface area contributed by atoms with Gasteiger partial charge in [0.2, 0.25) is 0 Å². The Hall–Kier alpha value is -0.610. The van der Waals surface area contributed by atoms with Gasteiger partial charge in [-0.1, -0.05) is 13.8 Å². The van der Waals surface area contributed by atoms with Crippen molar-refractivity contribution in [3.63, 3.8) is 0 Å². The van der Waals surface area contributed by atoms with Crippen molar-refractivity contribution in [3.8, 4) is 0 Å². The molecule has 4 heteroatoms. The number of hydrogen-bond donors (Lipinski definition) is 2. The Balaban J connectivity index is 4.13. The number of carboxylic acids is 1. The largest absolute Gasteiger partial charge is 0.479 e. The smallest absolute Gasteiger partial charge is 0.336 e. The molecule has 0 radical (unpaired) electrons. The summed E-state index contributed by atoms with van der Waals surface area (Å²) < 4.78 is 0. The molecule has 0 heterocycles. The van der Waals surface area contributed by atoms with Crippen molar-refractivity contribution in [2.75, 3.05) is 19.6 Å². The molecule has 0 amide bonds. The summed E-state index contributed by atoms with van der Waals surface area (Å²) in [5.74, 6) is -1.16. The van der Waals surface area contributed by atoms with Gasteiger partial charge in [0, 0.05) is 6.54 Å². The van der Waals surface area contributed by atoms with Crippen LogP contribution in [0.4, 0.5) is 0 Å². The summed E-state index contributed by atoms with van der Waals surface area (Å²) in [6, 6.07) is 0. The van der Waals surface area contributed by atoms with E-state index < -0.39 is 11.6 Å². The summed E-state index contributed by atoms with van der Waals surface area (Å²) in [7, 11) is 0. The molecule has 1 atom stereocenters. The molecule has 0 aromatic carbocycles. The van der Waals surface area contributed by atoms with Crippen molar-refractivity contribution >= 4 is 5.97 Å². The molecule has 0 aliphatic carbocycles. The normalized spacial score (nSPS) is 15.8. The second kappa shape index (κ2) is 5.19. The predicted octanol–water partition coefficient (Wildman–Crippen LogP) is 0.554. The van der Waals surface area contributed by atoms with Crippen molar-refractivity contribution in [1.29, 1.82) is 0 Å². The van der Waals surface area contributed by atoms with Gasteiger partial charge in [0.25, 0.3) is 0 Å². The fraction of sp³-hybridized carbons (Fsp3) is 0.889. The van der Waals surface area contributed by atoms with Gasteiger partial charge in [0.1, 0.15) is 0 Å². The van der Waals surface area contributed by atoms with E-state index in [2.05, 4.69) is 0 Å². The van der Waals surface area contributed by atoms with E-state index >= 15 is 0 Å². The molecule has 0 bridgehead atoms. The van der Waals surface area contributed by atoms with Crippen LogP contribution < -0.4 is 0 Å². The number of aliphatic carboxylic acids is 1. The highest BCUT2D eigenvalue weighted by atomic mass is 16.4. The number of likely N-dealkylation sites (N-methyl/N-ethyl adjacent to an activating group) is 1. The van der Waals surface area contributed by atoms with Gasteiger partial charge in [-0.2, -0.15) is 0 Å². The molecule has 4 nitrogen and oxygen atoms in total. The molecule has 2 N–H and O–H groups in total. The van der Waals surface area contributed by atoms with Gasteiger partial charge in [0.05, 0.1) is 0 Å². The van der Waals surface area contributed by atoms with Crippen LogP contribution in [0.3, 0.4) is 0 Å². The average molecular weight is 189 g/mol. The van der Waals surface area contributed by atoms with Crippen molar-refractivity contribution in [2.24, 2.45) is 0 Å². The van der Waals surface area contributed by atoms with Crippen molar-refractivity contribution in [2.45, 2.75) is 32.8 Å². The average Bonchev–Trinajstić information content (AvgIpc) is 2.03. The highest BCUT2D eigenvalue weighted by Gasteiger charge is 2.31. The van der Waals surface area contributed by atoms with E-state index in [1.807, 2.05) is 18.7 Å². The standard InChI is InChI=1S/C9H19NO3/c1-4-6-10(5-2)7-9(3,13)8(11)12/h13H,4-7H2,1-3H3,(H,11,12). The number of hydrogen-bond acceptors (Lipinski definition) is 3. The first kappa shape index (κ1) is 12.4. The van der Waals surface area contributed by atoms with Crippen LogP contribution >= 0.6 is 0 Å². The molecule has 0 rings (SSSR count). The van der Waals surface area contributed by atoms with Crippen LogP contribution in [0.15, 0.2) is 0 Å². The molecule has 0 aromatic heterocycles. The zero-order valence-electron chi connectivity index (χ0n) is 8.58. The van der Waals surface area contributed by atoms with Crippen LogP contribution in [0.5, 0.6) is 0 Å². The van der Waals surface area contributed by atoms with E-state index in [1.54, 1.807) is 0 Å². The van der Waals surface area contributed by atoms with Crippen LogP contribution in [-0.4, -0.2) is 46.3 Å². The van der Waals surface area contributed by atoms with E-state index in [1.165, 1.54) is 6.92 Å². The third kappa shape index (κ3) is 4.24. The lowest BCUT2D eigenvalue weighted by atomic mass is 10.1. The third-order valence-corrected chi connectivity index (χ3v) is 1.98. The monoisotopic (exact) mass is 189 g/mol. The molecule has 78 valence electrons. The third-order valence-electron chi connectivity index (χ3n) is 1.98. The minimum Gasteiger partial charge on any atom is -0.479 e. The summed E-state index contributed by atoms with van der Waals surface area (Å²) in [4.78, 5) is 12.5. The maximum absolute atomic E-state index is 10.6. The highest BCUT2D eigenvalue weighted by Crippen LogP contribution is 2.06. The van der Waals surface area contributed by atoms with Gasteiger partial charge in [-0.25, -0.2) is 4.79 Å². The maximum Gasteiger partial charge on any atom is 0.336 e. The van der Waals surface area contributed by atoms with Crippen LogP contribution in [0.1, 0.15) is 27.2 Å². The van der Waals surface area contributed by atoms with E-state index in [0.717, 1.165) is 19.5 Å². The number of carbonyl (C=O) groups is 1. The molecule has 13 heavy (non-hydrogen) atoms. The van der Waals surface area contributed by atoms with Gasteiger partial charge >= 0.3 is 5.97 Å². The second-order valence-corrected chi connectivity index (χ2v) is 3.45. The molecule has 0 spiro atoms. The van der Waals surface area contributed by atoms with Crippen LogP contribution in [-0.2, 0) is 4.79 Å². The molecule has 0 saturated heterocycles. The van der Waals surface area contributed by atoms with Crippen molar-refractivity contribution in [3.05, 3.63) is 0 Å². The number of carboxylic acid groups (broad SMARTS) is 1. The van der Waals surface area contributed by atoms with E-state index in [-0.39, 0.29) is 6.54 Å². The lowest BCUT2D eigenvalue weighted by Crippen LogP contribution is -2.46. The molecule has 0 fully saturated rings. The second-order valence-electron chi connectivity index (χ2n) is 3.45. The molecule has 1 unspecified atom stereocenters. The lowest BCUT2D eigenvalue weighted by molar-refractivity contribution is -0.158. The molecule has 0 aliphatic heterocycles. The Morgan fingerprint density at radius 1 is 1.46 bits per heavy atom. The molecule has 0 aromatic rings. The zero-order chi connectivity index (χ0) is 10.5. The van der Waals surface area contributed by atoms with Gasteiger partial charge < -0.3 is 15.1 Å². The van der Waals surface area contributed by atoms with Crippen LogP contribution in [0.2, 0.25) is 0 Å². The minimum atomic E-state index is -1.63. The van der Waals surface area contributed by atoms with Crippen LogP contribution in [0, 0.1) is 0 Å². The van der Waals surface area contributed by atoms with Crippen molar-refractivity contribution in [1.82, 2.24) is 4.90 Å². The quantitative estimate of drug-likeness (QED) is 0.640. The first-order valence-corrected chi connectivity index (χ1v) is 4.62. The van der Waals surface area contributed by atoms with E-state index in [0.29, 0.717) is 0 Å². The minimum absolute atomic E-state index is 0.187. The fourth-order valence-corrected chi connectivity index (χ4v) is 1.17. The highest BCUT2D eigenvalue weighted by molar-refractivity contribution is 5.76. The molecular weight excluding hydrogens is 170 g/mol. The maximum atomic E-state index is 10.6. The summed E-state index contributed by atoms with van der Waals surface area (Å²) in [5, 5.41) is 18.2. The fourth-order valence-electron chi connectivity index (χ4n) is 1.17. The molecular formula is C9H19NO3. The first-order valence-electron chi connectivity index (χ1n) is 4.62. The summed E-state index contributed by atoms with van der Waals surface area (Å²) in [6.45, 7) is 7.07. The van der Waals surface area contributed by atoms with Gasteiger partial charge in [0.15, 0.2) is 5.60 Å². The molecule has 0 saturated carbocycles. The zero-order valence-corrected chi connectivity index (χ0v) is 8.58. The Morgan fingerprint density at radius 3 is 2.31 bits per heavy atom. The van der Waals surface area contributed by atoms with Crippen molar-refractivity contribution < 1.29 is 15.0 Å². The van der Waals surface area contributed by atoms with Gasteiger partial charge in [-0.3, -0.25) is 0 Å². The lowest BCUT2D eigenvalue weighted by Gasteiger charge is -2.27. The topological polar surface area (TPSA) is 60.8 Å². The Morgan fingerprint density at radius 2 is 2.00 bits per heavy atom. The number of rotatable bonds is 6. The van der Waals surface area contributed by atoms with Gasteiger partial charge in [-0.15, -0.1) is 0 Å².